The molecule has 0 unspecified atom stereocenters. The first kappa shape index (κ1) is 11.4. The van der Waals surface area contributed by atoms with Crippen molar-refractivity contribution in [3.05, 3.63) is 40.8 Å². The normalized spacial score (nSPS) is 9.53. The average Bonchev–Trinajstić information content (AvgIpc) is 2.33. The maximum atomic E-state index is 11.7. The van der Waals surface area contributed by atoms with E-state index in [4.69, 9.17) is 0 Å². The van der Waals surface area contributed by atoms with E-state index >= 15 is 0 Å². The molecule has 15 heavy (non-hydrogen) atoms. The van der Waals surface area contributed by atoms with Crippen LogP contribution >= 0.6 is 0 Å². The molecule has 0 spiro atoms. The van der Waals surface area contributed by atoms with Gasteiger partial charge >= 0.3 is 0 Å². The third-order valence-corrected chi connectivity index (χ3v) is 2.06. The van der Waals surface area contributed by atoms with Gasteiger partial charge in [0.15, 0.2) is 0 Å². The minimum absolute atomic E-state index is 0.0133. The van der Waals surface area contributed by atoms with Crippen LogP contribution in [0.4, 0.5) is 0 Å². The Labute approximate surface area is 89.4 Å². The molecule has 1 heterocycles. The molecule has 3 heteroatoms. The first-order chi connectivity index (χ1) is 7.33. The molecule has 2 rings (SSSR count). The fourth-order valence-corrected chi connectivity index (χ4v) is 1.35. The van der Waals surface area contributed by atoms with E-state index in [1.54, 1.807) is 6.20 Å². The van der Waals surface area contributed by atoms with Gasteiger partial charge in [0.2, 0.25) is 0 Å². The van der Waals surface area contributed by atoms with E-state index in [1.807, 2.05) is 45.0 Å². The number of nitrogens with zero attached hydrogens (tertiary/aromatic N) is 2. The second-order valence-electron chi connectivity index (χ2n) is 2.85. The summed E-state index contributed by atoms with van der Waals surface area (Å²) in [5.41, 5.74) is -0.0133. The lowest BCUT2D eigenvalue weighted by Gasteiger charge is -2.01. The van der Waals surface area contributed by atoms with Gasteiger partial charge in [0, 0.05) is 11.9 Å². The Morgan fingerprint density at radius 1 is 1.27 bits per heavy atom. The van der Waals surface area contributed by atoms with Crippen molar-refractivity contribution in [2.45, 2.75) is 27.3 Å². The maximum Gasteiger partial charge on any atom is 0.274 e. The van der Waals surface area contributed by atoms with Crippen LogP contribution in [0, 0.1) is 0 Å². The highest BCUT2D eigenvalue weighted by Crippen LogP contribution is 2.05. The van der Waals surface area contributed by atoms with Crippen molar-refractivity contribution in [1.29, 1.82) is 0 Å². The van der Waals surface area contributed by atoms with Crippen LogP contribution in [0.2, 0.25) is 0 Å². The van der Waals surface area contributed by atoms with E-state index in [0.29, 0.717) is 6.54 Å². The van der Waals surface area contributed by atoms with Crippen LogP contribution in [-0.2, 0) is 6.54 Å². The number of aromatic nitrogens is 2. The molecule has 0 saturated carbocycles. The van der Waals surface area contributed by atoms with Gasteiger partial charge in [-0.15, -0.1) is 0 Å². The fraction of sp³-hybridized carbons (Fsp3) is 0.333. The van der Waals surface area contributed by atoms with Gasteiger partial charge in [-0.25, -0.2) is 4.68 Å². The zero-order chi connectivity index (χ0) is 11.3. The van der Waals surface area contributed by atoms with E-state index in [-0.39, 0.29) is 5.56 Å². The summed E-state index contributed by atoms with van der Waals surface area (Å²) in [6.45, 7) is 6.52. The number of hydrogen-bond acceptors (Lipinski definition) is 2. The van der Waals surface area contributed by atoms with Gasteiger partial charge in [-0.1, -0.05) is 32.0 Å². The highest BCUT2D eigenvalue weighted by Gasteiger charge is 1.99. The first-order valence-electron chi connectivity index (χ1n) is 5.28. The molecule has 0 aliphatic heterocycles. The van der Waals surface area contributed by atoms with E-state index in [2.05, 4.69) is 5.10 Å². The van der Waals surface area contributed by atoms with Crippen molar-refractivity contribution in [3.8, 4) is 0 Å². The van der Waals surface area contributed by atoms with E-state index < -0.39 is 0 Å². The molecule has 1 aromatic heterocycles. The quantitative estimate of drug-likeness (QED) is 0.715. The zero-order valence-corrected chi connectivity index (χ0v) is 9.40. The van der Waals surface area contributed by atoms with Crippen LogP contribution < -0.4 is 5.56 Å². The van der Waals surface area contributed by atoms with Gasteiger partial charge in [-0.3, -0.25) is 4.79 Å². The molecular weight excluding hydrogens is 188 g/mol. The molecular formula is C12H16N2O. The molecule has 80 valence electrons. The largest absolute Gasteiger partial charge is 0.274 e. The summed E-state index contributed by atoms with van der Waals surface area (Å²) in [7, 11) is 0. The zero-order valence-electron chi connectivity index (χ0n) is 9.40. The van der Waals surface area contributed by atoms with Crippen molar-refractivity contribution in [2.24, 2.45) is 0 Å². The van der Waals surface area contributed by atoms with Gasteiger partial charge in [0.1, 0.15) is 0 Å². The summed E-state index contributed by atoms with van der Waals surface area (Å²) >= 11 is 0. The van der Waals surface area contributed by atoms with Crippen molar-refractivity contribution in [2.75, 3.05) is 0 Å². The Morgan fingerprint density at radius 2 is 1.93 bits per heavy atom. The third-order valence-electron chi connectivity index (χ3n) is 2.06. The predicted molar refractivity (Wildman–Crippen MR) is 63.0 cm³/mol. The lowest BCUT2D eigenvalue weighted by molar-refractivity contribution is 0.623. The maximum absolute atomic E-state index is 11.7. The monoisotopic (exact) mass is 204 g/mol. The van der Waals surface area contributed by atoms with Gasteiger partial charge in [0.05, 0.1) is 11.6 Å². The summed E-state index contributed by atoms with van der Waals surface area (Å²) in [5, 5.41) is 5.66. The van der Waals surface area contributed by atoms with Crippen LogP contribution in [0.15, 0.2) is 35.3 Å². The molecule has 1 aromatic carbocycles. The minimum atomic E-state index is -0.0133. The topological polar surface area (TPSA) is 34.9 Å². The lowest BCUT2D eigenvalue weighted by Crippen LogP contribution is -2.21. The van der Waals surface area contributed by atoms with Crippen molar-refractivity contribution in [3.63, 3.8) is 0 Å². The summed E-state index contributed by atoms with van der Waals surface area (Å²) < 4.78 is 1.46. The van der Waals surface area contributed by atoms with Crippen LogP contribution in [0.25, 0.3) is 10.8 Å². The highest BCUT2D eigenvalue weighted by molar-refractivity contribution is 5.80. The molecule has 0 fully saturated rings. The molecule has 0 radical (unpaired) electrons. The number of aryl methyl sites for hydroxylation is 1. The molecule has 0 aliphatic carbocycles. The van der Waals surface area contributed by atoms with Crippen LogP contribution in [0.3, 0.4) is 0 Å². The Hall–Kier alpha value is -1.64. The number of benzene rings is 1. The third kappa shape index (κ3) is 2.24. The van der Waals surface area contributed by atoms with Gasteiger partial charge in [-0.05, 0) is 13.0 Å². The van der Waals surface area contributed by atoms with E-state index in [1.165, 1.54) is 4.68 Å². The summed E-state index contributed by atoms with van der Waals surface area (Å²) in [6, 6.07) is 7.48. The molecule has 0 aliphatic rings. The molecule has 0 bridgehead atoms. The molecule has 0 atom stereocenters. The minimum Gasteiger partial charge on any atom is -0.267 e. The van der Waals surface area contributed by atoms with Crippen molar-refractivity contribution in [1.82, 2.24) is 9.78 Å². The molecule has 0 saturated heterocycles. The van der Waals surface area contributed by atoms with Crippen LogP contribution in [0.1, 0.15) is 20.8 Å². The highest BCUT2D eigenvalue weighted by atomic mass is 16.1. The number of rotatable bonds is 1. The molecule has 3 nitrogen and oxygen atoms in total. The summed E-state index contributed by atoms with van der Waals surface area (Å²) in [5.74, 6) is 0. The predicted octanol–water partition coefficient (Wildman–Crippen LogP) is 2.44. The molecule has 2 aromatic rings. The second-order valence-corrected chi connectivity index (χ2v) is 2.85. The Balaban J connectivity index is 0.000000531. The molecule has 0 N–H and O–H groups in total. The Bertz CT molecular complexity index is 488. The van der Waals surface area contributed by atoms with Gasteiger partial charge < -0.3 is 0 Å². The first-order valence-corrected chi connectivity index (χ1v) is 5.28. The number of hydrogen-bond donors (Lipinski definition) is 0. The van der Waals surface area contributed by atoms with Crippen molar-refractivity contribution >= 4 is 10.8 Å². The van der Waals surface area contributed by atoms with Crippen LogP contribution in [-0.4, -0.2) is 9.78 Å². The average molecular weight is 204 g/mol. The smallest absolute Gasteiger partial charge is 0.267 e. The Morgan fingerprint density at radius 3 is 2.60 bits per heavy atom. The van der Waals surface area contributed by atoms with Crippen LogP contribution in [0.5, 0.6) is 0 Å². The van der Waals surface area contributed by atoms with Gasteiger partial charge in [0.25, 0.3) is 5.56 Å². The van der Waals surface area contributed by atoms with Gasteiger partial charge in [-0.2, -0.15) is 5.10 Å². The standard InChI is InChI=1S/C10H10N2O.C2H6/c1-2-12-10(13)9-6-4-3-5-8(9)7-11-12;1-2/h3-7H,2H2,1H3;1-2H3. The van der Waals surface area contributed by atoms with E-state index in [9.17, 15) is 4.79 Å². The summed E-state index contributed by atoms with van der Waals surface area (Å²) in [4.78, 5) is 11.7. The van der Waals surface area contributed by atoms with Crippen molar-refractivity contribution < 1.29 is 0 Å². The van der Waals surface area contributed by atoms with E-state index in [0.717, 1.165) is 10.8 Å². The second kappa shape index (κ2) is 5.29. The Kier molecular flexibility index (Phi) is 4.03. The lowest BCUT2D eigenvalue weighted by atomic mass is 10.2. The number of fused-ring (bicyclic) bond motifs is 1. The fourth-order valence-electron chi connectivity index (χ4n) is 1.35. The molecule has 0 amide bonds. The summed E-state index contributed by atoms with van der Waals surface area (Å²) in [6.07, 6.45) is 1.72. The SMILES string of the molecule is CC.CCn1ncc2ccccc2c1=O.